The van der Waals surface area contributed by atoms with Crippen molar-refractivity contribution in [3.05, 3.63) is 82.3 Å². The zero-order chi connectivity index (χ0) is 26.3. The Morgan fingerprint density at radius 2 is 1.58 bits per heavy atom. The van der Waals surface area contributed by atoms with E-state index in [0.717, 1.165) is 0 Å². The van der Waals surface area contributed by atoms with Crippen LogP contribution < -0.4 is 19.6 Å². The molecule has 3 aromatic rings. The molecule has 0 spiro atoms. The average molecular weight is 570 g/mol. The van der Waals surface area contributed by atoms with Crippen molar-refractivity contribution in [2.24, 2.45) is 0 Å². The maximum atomic E-state index is 12.6. The topological polar surface area (TPSA) is 135 Å². The molecule has 0 bridgehead atoms. The summed E-state index contributed by atoms with van der Waals surface area (Å²) < 4.78 is 35.7. The van der Waals surface area contributed by atoms with E-state index in [9.17, 15) is 23.3 Å². The van der Waals surface area contributed by atoms with Gasteiger partial charge in [0, 0.05) is 18.3 Å². The molecule has 2 amide bonds. The molecule has 0 saturated carbocycles. The molecule has 0 fully saturated rings. The Bertz CT molecular complexity index is 1460. The van der Waals surface area contributed by atoms with Crippen molar-refractivity contribution in [3.8, 4) is 17.6 Å². The normalized spacial score (nSPS) is 11.2. The highest BCUT2D eigenvalue weighted by Crippen LogP contribution is 2.30. The molecule has 3 rings (SSSR count). The second-order valence-corrected chi connectivity index (χ2v) is 9.69. The highest BCUT2D eigenvalue weighted by atomic mass is 79.9. The van der Waals surface area contributed by atoms with Gasteiger partial charge in [0.05, 0.1) is 11.6 Å². The summed E-state index contributed by atoms with van der Waals surface area (Å²) in [6.45, 7) is 1.39. The number of nitrogens with zero attached hydrogens (tertiary/aromatic N) is 1. The van der Waals surface area contributed by atoms with E-state index < -0.39 is 16.0 Å². The first-order chi connectivity index (χ1) is 17.1. The maximum Gasteiger partial charge on any atom is 0.339 e. The number of carbonyl (C=O) groups excluding carboxylic acids is 2. The van der Waals surface area contributed by atoms with Gasteiger partial charge in [0.2, 0.25) is 5.91 Å². The highest BCUT2D eigenvalue weighted by molar-refractivity contribution is 9.10. The lowest BCUT2D eigenvalue weighted by Gasteiger charge is -2.10. The summed E-state index contributed by atoms with van der Waals surface area (Å²) in [5, 5.41) is 14.7. The predicted octanol–water partition coefficient (Wildman–Crippen LogP) is 4.73. The quantitative estimate of drug-likeness (QED) is 0.227. The Morgan fingerprint density at radius 1 is 0.972 bits per heavy atom. The van der Waals surface area contributed by atoms with E-state index in [-0.39, 0.29) is 22.1 Å². The van der Waals surface area contributed by atoms with Gasteiger partial charge < -0.3 is 19.6 Å². The number of benzene rings is 3. The predicted molar refractivity (Wildman–Crippen MR) is 138 cm³/mol. The molecule has 0 aromatic heterocycles. The molecule has 0 saturated heterocycles. The van der Waals surface area contributed by atoms with Crippen LogP contribution in [0.3, 0.4) is 0 Å². The minimum Gasteiger partial charge on any atom is -0.497 e. The number of hydrogen-bond acceptors (Lipinski definition) is 7. The second kappa shape index (κ2) is 11.5. The Morgan fingerprint density at radius 3 is 2.11 bits per heavy atom. The highest BCUT2D eigenvalue weighted by Gasteiger charge is 2.19. The van der Waals surface area contributed by atoms with Crippen molar-refractivity contribution in [1.29, 1.82) is 5.26 Å². The van der Waals surface area contributed by atoms with Crippen LogP contribution in [-0.2, 0) is 19.7 Å². The molecule has 0 atom stereocenters. The number of nitrogens with one attached hydrogen (secondary N) is 2. The van der Waals surface area contributed by atoms with E-state index in [2.05, 4.69) is 26.6 Å². The van der Waals surface area contributed by atoms with Gasteiger partial charge in [0.1, 0.15) is 22.3 Å². The molecule has 11 heteroatoms. The van der Waals surface area contributed by atoms with Crippen molar-refractivity contribution in [2.45, 2.75) is 11.8 Å². The molecule has 3 aromatic carbocycles. The molecular formula is C25H20BrN3O6S. The van der Waals surface area contributed by atoms with Gasteiger partial charge in [-0.15, -0.1) is 0 Å². The standard InChI is InChI=1S/C25H20BrN3O6S/c1-16(30)28-19-4-6-20(7-5-19)29-25(31)18(15-27)13-17-3-12-24(23(26)14-17)35-36(32,33)22-10-8-21(34-2)9-11-22/h3-14H,1-2H3,(H,28,30)(H,29,31)/b18-13+. The van der Waals surface area contributed by atoms with Crippen LogP contribution in [0.4, 0.5) is 11.4 Å². The van der Waals surface area contributed by atoms with Gasteiger partial charge in [-0.1, -0.05) is 6.07 Å². The number of amides is 2. The van der Waals surface area contributed by atoms with E-state index in [1.807, 2.05) is 6.07 Å². The van der Waals surface area contributed by atoms with Gasteiger partial charge in [-0.2, -0.15) is 13.7 Å². The Kier molecular flexibility index (Phi) is 8.47. The number of halogens is 1. The molecule has 2 N–H and O–H groups in total. The van der Waals surface area contributed by atoms with Gasteiger partial charge in [0.15, 0.2) is 5.75 Å². The third kappa shape index (κ3) is 6.94. The third-order valence-corrected chi connectivity index (χ3v) is 6.51. The Hall–Kier alpha value is -4.14. The van der Waals surface area contributed by atoms with Crippen molar-refractivity contribution < 1.29 is 26.9 Å². The molecule has 0 radical (unpaired) electrons. The van der Waals surface area contributed by atoms with Crippen LogP contribution in [-0.4, -0.2) is 27.3 Å². The van der Waals surface area contributed by atoms with Gasteiger partial charge in [-0.3, -0.25) is 9.59 Å². The summed E-state index contributed by atoms with van der Waals surface area (Å²) in [6, 6.07) is 18.4. The molecule has 184 valence electrons. The number of methoxy groups -OCH3 is 1. The first-order valence-electron chi connectivity index (χ1n) is 10.3. The van der Waals surface area contributed by atoms with Crippen LogP contribution in [0.15, 0.2) is 81.7 Å². The lowest BCUT2D eigenvalue weighted by Crippen LogP contribution is -2.13. The Labute approximate surface area is 216 Å². The van der Waals surface area contributed by atoms with Gasteiger partial charge in [-0.25, -0.2) is 0 Å². The van der Waals surface area contributed by atoms with E-state index >= 15 is 0 Å². The van der Waals surface area contributed by atoms with Gasteiger partial charge >= 0.3 is 10.1 Å². The van der Waals surface area contributed by atoms with E-state index in [1.165, 1.54) is 62.6 Å². The second-order valence-electron chi connectivity index (χ2n) is 7.29. The zero-order valence-electron chi connectivity index (χ0n) is 19.1. The summed E-state index contributed by atoms with van der Waals surface area (Å²) in [6.07, 6.45) is 1.35. The number of rotatable bonds is 8. The summed E-state index contributed by atoms with van der Waals surface area (Å²) in [4.78, 5) is 23.6. The fraction of sp³-hybridized carbons (Fsp3) is 0.0800. The first kappa shape index (κ1) is 26.5. The molecule has 0 heterocycles. The van der Waals surface area contributed by atoms with Crippen molar-refractivity contribution in [2.75, 3.05) is 17.7 Å². The fourth-order valence-electron chi connectivity index (χ4n) is 2.94. The maximum absolute atomic E-state index is 12.6. The summed E-state index contributed by atoms with van der Waals surface area (Å²) in [5.41, 5.74) is 1.29. The smallest absolute Gasteiger partial charge is 0.339 e. The lowest BCUT2D eigenvalue weighted by molar-refractivity contribution is -0.114. The largest absolute Gasteiger partial charge is 0.497 e. The van der Waals surface area contributed by atoms with Crippen molar-refractivity contribution in [1.82, 2.24) is 0 Å². The minimum absolute atomic E-state index is 0.0326. The fourth-order valence-corrected chi connectivity index (χ4v) is 4.47. The number of hydrogen-bond donors (Lipinski definition) is 2. The Balaban J connectivity index is 1.74. The molecule has 0 unspecified atom stereocenters. The minimum atomic E-state index is -4.10. The summed E-state index contributed by atoms with van der Waals surface area (Å²) in [5.74, 6) is -0.318. The van der Waals surface area contributed by atoms with Gasteiger partial charge in [-0.05, 0) is 88.2 Å². The number of anilines is 2. The monoisotopic (exact) mass is 569 g/mol. The molecule has 9 nitrogen and oxygen atoms in total. The third-order valence-electron chi connectivity index (χ3n) is 4.64. The molecule has 36 heavy (non-hydrogen) atoms. The summed E-state index contributed by atoms with van der Waals surface area (Å²) >= 11 is 3.27. The SMILES string of the molecule is COc1ccc(S(=O)(=O)Oc2ccc(/C=C(\C#N)C(=O)Nc3ccc(NC(C)=O)cc3)cc2Br)cc1. The number of carbonyl (C=O) groups is 2. The van der Waals surface area contributed by atoms with Crippen molar-refractivity contribution in [3.63, 3.8) is 0 Å². The number of nitriles is 1. The van der Waals surface area contributed by atoms with Crippen LogP contribution in [0, 0.1) is 11.3 Å². The van der Waals surface area contributed by atoms with E-state index in [4.69, 9.17) is 8.92 Å². The molecule has 0 aliphatic rings. The van der Waals surface area contributed by atoms with E-state index in [0.29, 0.717) is 27.2 Å². The van der Waals surface area contributed by atoms with Crippen molar-refractivity contribution >= 4 is 55.3 Å². The molecular weight excluding hydrogens is 550 g/mol. The molecule has 0 aliphatic heterocycles. The molecule has 0 aliphatic carbocycles. The van der Waals surface area contributed by atoms with Crippen LogP contribution in [0.5, 0.6) is 11.5 Å². The van der Waals surface area contributed by atoms with E-state index in [1.54, 1.807) is 24.3 Å². The zero-order valence-corrected chi connectivity index (χ0v) is 21.5. The lowest BCUT2D eigenvalue weighted by atomic mass is 10.1. The van der Waals surface area contributed by atoms with Crippen LogP contribution in [0.2, 0.25) is 0 Å². The van der Waals surface area contributed by atoms with Crippen LogP contribution in [0.25, 0.3) is 6.08 Å². The van der Waals surface area contributed by atoms with Crippen LogP contribution >= 0.6 is 15.9 Å². The summed E-state index contributed by atoms with van der Waals surface area (Å²) in [7, 11) is -2.63. The van der Waals surface area contributed by atoms with Crippen LogP contribution in [0.1, 0.15) is 12.5 Å². The average Bonchev–Trinajstić information content (AvgIpc) is 2.85. The first-order valence-corrected chi connectivity index (χ1v) is 12.5. The van der Waals surface area contributed by atoms with Gasteiger partial charge in [0.25, 0.3) is 5.91 Å². The number of ether oxygens (including phenoxy) is 1.